The molecule has 3 nitrogen and oxygen atoms in total. The van der Waals surface area contributed by atoms with Gasteiger partial charge in [-0.25, -0.2) is 0 Å². The number of hydrogen-bond acceptors (Lipinski definition) is 2. The molecule has 0 aromatic carbocycles. The highest BCUT2D eigenvalue weighted by Crippen LogP contribution is 2.15. The van der Waals surface area contributed by atoms with Crippen LogP contribution in [-0.2, 0) is 11.2 Å². The molecule has 0 amide bonds. The molecule has 1 unspecified atom stereocenters. The Kier molecular flexibility index (Phi) is 4.23. The molecule has 1 aromatic rings. The van der Waals surface area contributed by atoms with Gasteiger partial charge in [0.25, 0.3) is 0 Å². The van der Waals surface area contributed by atoms with E-state index in [1.807, 2.05) is 6.07 Å². The third kappa shape index (κ3) is 3.24. The first-order valence-corrected chi connectivity index (χ1v) is 4.99. The summed E-state index contributed by atoms with van der Waals surface area (Å²) in [5.74, 6) is -0.274. The fourth-order valence-corrected chi connectivity index (χ4v) is 1.43. The van der Waals surface area contributed by atoms with E-state index in [1.165, 1.54) is 0 Å². The predicted molar refractivity (Wildman–Crippen MR) is 53.1 cm³/mol. The number of carboxylic acids is 1. The maximum absolute atomic E-state index is 10.9. The van der Waals surface area contributed by atoms with Crippen LogP contribution in [0.5, 0.6) is 0 Å². The average Bonchev–Trinajstić information content (AvgIpc) is 2.64. The van der Waals surface area contributed by atoms with Crippen LogP contribution in [0.3, 0.4) is 0 Å². The monoisotopic (exact) mass is 196 g/mol. The van der Waals surface area contributed by atoms with Crippen LogP contribution in [0.1, 0.15) is 31.9 Å². The molecule has 3 heteroatoms. The Labute approximate surface area is 83.7 Å². The van der Waals surface area contributed by atoms with E-state index in [-0.39, 0.29) is 5.92 Å². The van der Waals surface area contributed by atoms with Crippen molar-refractivity contribution >= 4 is 5.97 Å². The van der Waals surface area contributed by atoms with Gasteiger partial charge in [-0.1, -0.05) is 19.8 Å². The molecule has 14 heavy (non-hydrogen) atoms. The van der Waals surface area contributed by atoms with E-state index in [0.29, 0.717) is 6.42 Å². The zero-order chi connectivity index (χ0) is 10.4. The van der Waals surface area contributed by atoms with E-state index in [0.717, 1.165) is 25.0 Å². The summed E-state index contributed by atoms with van der Waals surface area (Å²) in [7, 11) is 0. The summed E-state index contributed by atoms with van der Waals surface area (Å²) in [4.78, 5) is 10.9. The van der Waals surface area contributed by atoms with Crippen LogP contribution in [0.2, 0.25) is 0 Å². The van der Waals surface area contributed by atoms with Crippen molar-refractivity contribution in [2.45, 2.75) is 32.6 Å². The van der Waals surface area contributed by atoms with E-state index < -0.39 is 5.97 Å². The van der Waals surface area contributed by atoms with Gasteiger partial charge in [-0.05, 0) is 18.6 Å². The molecule has 0 radical (unpaired) electrons. The van der Waals surface area contributed by atoms with E-state index in [2.05, 4.69) is 6.92 Å². The first kappa shape index (κ1) is 10.8. The van der Waals surface area contributed by atoms with Crippen molar-refractivity contribution in [3.8, 4) is 0 Å². The maximum Gasteiger partial charge on any atom is 0.306 e. The number of aliphatic carboxylic acids is 1. The molecule has 0 saturated carbocycles. The minimum absolute atomic E-state index is 0.305. The van der Waals surface area contributed by atoms with E-state index in [4.69, 9.17) is 9.52 Å². The van der Waals surface area contributed by atoms with E-state index >= 15 is 0 Å². The number of carbonyl (C=O) groups is 1. The van der Waals surface area contributed by atoms with Crippen molar-refractivity contribution in [1.82, 2.24) is 0 Å². The Hall–Kier alpha value is -1.25. The summed E-state index contributed by atoms with van der Waals surface area (Å²) in [5.41, 5.74) is 0. The van der Waals surface area contributed by atoms with Gasteiger partial charge in [0.1, 0.15) is 5.76 Å². The Bertz CT molecular complexity index is 264. The fourth-order valence-electron chi connectivity index (χ4n) is 1.43. The molecule has 1 aromatic heterocycles. The van der Waals surface area contributed by atoms with Gasteiger partial charge >= 0.3 is 5.97 Å². The highest BCUT2D eigenvalue weighted by atomic mass is 16.4. The van der Waals surface area contributed by atoms with Gasteiger partial charge in [-0.3, -0.25) is 4.79 Å². The Balaban J connectivity index is 2.47. The lowest BCUT2D eigenvalue weighted by Crippen LogP contribution is -2.16. The van der Waals surface area contributed by atoms with Gasteiger partial charge in [-0.2, -0.15) is 0 Å². The van der Waals surface area contributed by atoms with E-state index in [9.17, 15) is 4.79 Å². The lowest BCUT2D eigenvalue weighted by atomic mass is 9.97. The number of unbranched alkanes of at least 4 members (excludes halogenated alkanes) is 1. The summed E-state index contributed by atoms with van der Waals surface area (Å²) in [6, 6.07) is 3.61. The van der Waals surface area contributed by atoms with Crippen LogP contribution in [-0.4, -0.2) is 11.1 Å². The van der Waals surface area contributed by atoms with Gasteiger partial charge in [0.2, 0.25) is 0 Å². The molecule has 78 valence electrons. The summed E-state index contributed by atoms with van der Waals surface area (Å²) in [6.45, 7) is 2.06. The molecule has 1 atom stereocenters. The Morgan fingerprint density at radius 1 is 1.64 bits per heavy atom. The largest absolute Gasteiger partial charge is 0.481 e. The normalized spacial score (nSPS) is 12.6. The minimum Gasteiger partial charge on any atom is -0.481 e. The molecule has 0 aliphatic heterocycles. The van der Waals surface area contributed by atoms with Gasteiger partial charge in [0.05, 0.1) is 12.2 Å². The summed E-state index contributed by atoms with van der Waals surface area (Å²) < 4.78 is 5.13. The molecule has 1 rings (SSSR count). The molecule has 0 saturated heterocycles. The van der Waals surface area contributed by atoms with Gasteiger partial charge < -0.3 is 9.52 Å². The molecular formula is C11H16O3. The van der Waals surface area contributed by atoms with Crippen molar-refractivity contribution in [2.24, 2.45) is 5.92 Å². The summed E-state index contributed by atoms with van der Waals surface area (Å²) in [5, 5.41) is 8.96. The van der Waals surface area contributed by atoms with Crippen LogP contribution in [0.15, 0.2) is 22.8 Å². The molecule has 0 spiro atoms. The molecule has 0 fully saturated rings. The SMILES string of the molecule is CCCCC(Cc1ccco1)C(=O)O. The molecular weight excluding hydrogens is 180 g/mol. The maximum atomic E-state index is 10.9. The smallest absolute Gasteiger partial charge is 0.306 e. The van der Waals surface area contributed by atoms with Crippen LogP contribution >= 0.6 is 0 Å². The van der Waals surface area contributed by atoms with Crippen LogP contribution in [0, 0.1) is 5.92 Å². The number of rotatable bonds is 6. The van der Waals surface area contributed by atoms with E-state index in [1.54, 1.807) is 12.3 Å². The standard InChI is InChI=1S/C11H16O3/c1-2-3-5-9(11(12)13)8-10-6-4-7-14-10/h4,6-7,9H,2-3,5,8H2,1H3,(H,12,13). The van der Waals surface area contributed by atoms with Crippen LogP contribution in [0.4, 0.5) is 0 Å². The lowest BCUT2D eigenvalue weighted by molar-refractivity contribution is -0.142. The average molecular weight is 196 g/mol. The lowest BCUT2D eigenvalue weighted by Gasteiger charge is -2.09. The van der Waals surface area contributed by atoms with Crippen molar-refractivity contribution in [3.05, 3.63) is 24.2 Å². The zero-order valence-corrected chi connectivity index (χ0v) is 8.40. The number of carboxylic acid groups (broad SMARTS) is 1. The third-order valence-electron chi connectivity index (χ3n) is 2.28. The predicted octanol–water partition coefficient (Wildman–Crippen LogP) is 2.71. The van der Waals surface area contributed by atoms with Gasteiger partial charge in [0, 0.05) is 6.42 Å². The molecule has 1 heterocycles. The summed E-state index contributed by atoms with van der Waals surface area (Å²) >= 11 is 0. The Morgan fingerprint density at radius 2 is 2.43 bits per heavy atom. The number of hydrogen-bond donors (Lipinski definition) is 1. The molecule has 0 aliphatic rings. The Morgan fingerprint density at radius 3 is 2.93 bits per heavy atom. The topological polar surface area (TPSA) is 50.4 Å². The molecule has 1 N–H and O–H groups in total. The van der Waals surface area contributed by atoms with Crippen molar-refractivity contribution in [2.75, 3.05) is 0 Å². The molecule has 0 bridgehead atoms. The molecule has 0 aliphatic carbocycles. The van der Waals surface area contributed by atoms with Crippen molar-refractivity contribution in [3.63, 3.8) is 0 Å². The zero-order valence-electron chi connectivity index (χ0n) is 8.40. The van der Waals surface area contributed by atoms with Crippen molar-refractivity contribution in [1.29, 1.82) is 0 Å². The number of furan rings is 1. The fraction of sp³-hybridized carbons (Fsp3) is 0.545. The second-order valence-corrected chi connectivity index (χ2v) is 3.46. The quantitative estimate of drug-likeness (QED) is 0.761. The van der Waals surface area contributed by atoms with Crippen LogP contribution < -0.4 is 0 Å². The van der Waals surface area contributed by atoms with Gasteiger partial charge in [-0.15, -0.1) is 0 Å². The third-order valence-corrected chi connectivity index (χ3v) is 2.28. The van der Waals surface area contributed by atoms with Crippen LogP contribution in [0.25, 0.3) is 0 Å². The van der Waals surface area contributed by atoms with Gasteiger partial charge in [0.15, 0.2) is 0 Å². The first-order valence-electron chi connectivity index (χ1n) is 4.99. The highest BCUT2D eigenvalue weighted by Gasteiger charge is 2.18. The second-order valence-electron chi connectivity index (χ2n) is 3.46. The first-order chi connectivity index (χ1) is 6.74. The van der Waals surface area contributed by atoms with Crippen molar-refractivity contribution < 1.29 is 14.3 Å². The second kappa shape index (κ2) is 5.47. The minimum atomic E-state index is -0.727. The summed E-state index contributed by atoms with van der Waals surface area (Å²) in [6.07, 6.45) is 4.79. The highest BCUT2D eigenvalue weighted by molar-refractivity contribution is 5.70.